The van der Waals surface area contributed by atoms with Gasteiger partial charge < -0.3 is 9.64 Å². The molecule has 3 rings (SSSR count). The number of carbonyl (C=O) groups excluding carboxylic acids is 1. The van der Waals surface area contributed by atoms with Crippen molar-refractivity contribution in [2.24, 2.45) is 5.92 Å². The summed E-state index contributed by atoms with van der Waals surface area (Å²) in [6.07, 6.45) is 9.08. The Morgan fingerprint density at radius 1 is 1.22 bits per heavy atom. The van der Waals surface area contributed by atoms with Gasteiger partial charge in [-0.15, -0.1) is 0 Å². The van der Waals surface area contributed by atoms with Gasteiger partial charge in [-0.2, -0.15) is 0 Å². The van der Waals surface area contributed by atoms with Crippen molar-refractivity contribution in [1.82, 2.24) is 14.9 Å². The van der Waals surface area contributed by atoms with Crippen LogP contribution in [-0.2, 0) is 4.79 Å². The molecule has 0 radical (unpaired) electrons. The third-order valence-electron chi connectivity index (χ3n) is 4.54. The lowest BCUT2D eigenvalue weighted by Gasteiger charge is -2.35. The Hall–Kier alpha value is -1.91. The van der Waals surface area contributed by atoms with Crippen LogP contribution in [0, 0.1) is 19.8 Å². The van der Waals surface area contributed by atoms with Gasteiger partial charge in [0, 0.05) is 23.9 Å². The molecular formula is C18H25N3O2. The number of hydrogen-bond acceptors (Lipinski definition) is 4. The summed E-state index contributed by atoms with van der Waals surface area (Å²) in [5.41, 5.74) is 1.82. The van der Waals surface area contributed by atoms with E-state index in [2.05, 4.69) is 22.1 Å². The van der Waals surface area contributed by atoms with E-state index < -0.39 is 0 Å². The van der Waals surface area contributed by atoms with E-state index in [4.69, 9.17) is 4.74 Å². The molecular weight excluding hydrogens is 290 g/mol. The number of aryl methyl sites for hydroxylation is 2. The summed E-state index contributed by atoms with van der Waals surface area (Å²) in [5, 5.41) is 0. The molecule has 1 aromatic heterocycles. The molecule has 124 valence electrons. The van der Waals surface area contributed by atoms with E-state index in [1.165, 1.54) is 0 Å². The molecule has 1 aromatic rings. The largest absolute Gasteiger partial charge is 0.458 e. The standard InChI is InChI=1S/C18H25N3O2/c1-13-11-14(2)20-18(19-13)23-16-9-6-10-21(12-16)17(22)15-7-4-3-5-8-15/h3-4,11,15-16H,5-10,12H2,1-2H3. The number of nitrogens with zero attached hydrogens (tertiary/aromatic N) is 3. The normalized spacial score (nSPS) is 24.5. The molecule has 1 amide bonds. The zero-order valence-corrected chi connectivity index (χ0v) is 14.0. The highest BCUT2D eigenvalue weighted by atomic mass is 16.5. The van der Waals surface area contributed by atoms with Crippen LogP contribution in [0.4, 0.5) is 0 Å². The van der Waals surface area contributed by atoms with Gasteiger partial charge in [0.05, 0.1) is 6.54 Å². The fraction of sp³-hybridized carbons (Fsp3) is 0.611. The van der Waals surface area contributed by atoms with Gasteiger partial charge in [-0.05, 0) is 52.0 Å². The maximum Gasteiger partial charge on any atom is 0.317 e. The Labute approximate surface area is 137 Å². The van der Waals surface area contributed by atoms with Crippen LogP contribution in [0.5, 0.6) is 6.01 Å². The van der Waals surface area contributed by atoms with Crippen molar-refractivity contribution >= 4 is 5.91 Å². The summed E-state index contributed by atoms with van der Waals surface area (Å²) < 4.78 is 5.95. The van der Waals surface area contributed by atoms with Crippen LogP contribution in [0.2, 0.25) is 0 Å². The number of carbonyl (C=O) groups is 1. The molecule has 1 fully saturated rings. The number of ether oxygens (including phenoxy) is 1. The number of rotatable bonds is 3. The highest BCUT2D eigenvalue weighted by Gasteiger charge is 2.30. The van der Waals surface area contributed by atoms with Gasteiger partial charge in [0.2, 0.25) is 5.91 Å². The van der Waals surface area contributed by atoms with Crippen molar-refractivity contribution in [1.29, 1.82) is 0 Å². The number of amides is 1. The van der Waals surface area contributed by atoms with Crippen molar-refractivity contribution < 1.29 is 9.53 Å². The van der Waals surface area contributed by atoms with Gasteiger partial charge in [0.25, 0.3) is 0 Å². The molecule has 1 aliphatic heterocycles. The number of likely N-dealkylation sites (tertiary alicyclic amines) is 1. The molecule has 2 unspecified atom stereocenters. The van der Waals surface area contributed by atoms with E-state index >= 15 is 0 Å². The first kappa shape index (κ1) is 16.0. The third-order valence-corrected chi connectivity index (χ3v) is 4.54. The van der Waals surface area contributed by atoms with Crippen LogP contribution in [0.3, 0.4) is 0 Å². The van der Waals surface area contributed by atoms with E-state index in [1.54, 1.807) is 0 Å². The van der Waals surface area contributed by atoms with Crippen molar-refractivity contribution in [3.63, 3.8) is 0 Å². The minimum absolute atomic E-state index is 0.00645. The topological polar surface area (TPSA) is 55.3 Å². The zero-order valence-electron chi connectivity index (χ0n) is 14.0. The molecule has 2 aliphatic rings. The highest BCUT2D eigenvalue weighted by Crippen LogP contribution is 2.23. The molecule has 5 nitrogen and oxygen atoms in total. The lowest BCUT2D eigenvalue weighted by atomic mass is 9.92. The van der Waals surface area contributed by atoms with Crippen LogP contribution < -0.4 is 4.74 Å². The summed E-state index contributed by atoms with van der Waals surface area (Å²) >= 11 is 0. The Bertz CT molecular complexity index is 580. The van der Waals surface area contributed by atoms with Crippen LogP contribution in [0.25, 0.3) is 0 Å². The average molecular weight is 315 g/mol. The quantitative estimate of drug-likeness (QED) is 0.805. The molecule has 2 atom stereocenters. The van der Waals surface area contributed by atoms with Gasteiger partial charge >= 0.3 is 6.01 Å². The molecule has 1 aliphatic carbocycles. The molecule has 0 aromatic carbocycles. The summed E-state index contributed by atoms with van der Waals surface area (Å²) in [6.45, 7) is 5.37. The van der Waals surface area contributed by atoms with Gasteiger partial charge in [-0.3, -0.25) is 4.79 Å². The fourth-order valence-corrected chi connectivity index (χ4v) is 3.41. The van der Waals surface area contributed by atoms with Crippen molar-refractivity contribution in [3.05, 3.63) is 29.6 Å². The second kappa shape index (κ2) is 7.11. The first-order valence-corrected chi connectivity index (χ1v) is 8.54. The maximum absolute atomic E-state index is 12.7. The van der Waals surface area contributed by atoms with Crippen LogP contribution in [-0.4, -0.2) is 40.0 Å². The van der Waals surface area contributed by atoms with Crippen LogP contribution >= 0.6 is 0 Å². The average Bonchev–Trinajstić information content (AvgIpc) is 2.54. The monoisotopic (exact) mass is 315 g/mol. The van der Waals surface area contributed by atoms with Gasteiger partial charge in [0.1, 0.15) is 6.10 Å². The lowest BCUT2D eigenvalue weighted by Crippen LogP contribution is -2.47. The summed E-state index contributed by atoms with van der Waals surface area (Å²) in [4.78, 5) is 23.3. The van der Waals surface area contributed by atoms with Gasteiger partial charge in [-0.25, -0.2) is 9.97 Å². The van der Waals surface area contributed by atoms with E-state index in [0.29, 0.717) is 12.6 Å². The van der Waals surface area contributed by atoms with E-state index in [-0.39, 0.29) is 17.9 Å². The SMILES string of the molecule is Cc1cc(C)nc(OC2CCCN(C(=O)C3CC=CCC3)C2)n1. The first-order chi connectivity index (χ1) is 11.1. The predicted molar refractivity (Wildman–Crippen MR) is 88.2 cm³/mol. The second-order valence-corrected chi connectivity index (χ2v) is 6.58. The van der Waals surface area contributed by atoms with Crippen LogP contribution in [0.1, 0.15) is 43.5 Å². The van der Waals surface area contributed by atoms with Crippen molar-refractivity contribution in [2.75, 3.05) is 13.1 Å². The minimum atomic E-state index is -0.00645. The molecule has 0 bridgehead atoms. The molecule has 2 heterocycles. The predicted octanol–water partition coefficient (Wildman–Crippen LogP) is 2.82. The Morgan fingerprint density at radius 2 is 2.00 bits per heavy atom. The third kappa shape index (κ3) is 4.09. The van der Waals surface area contributed by atoms with E-state index in [1.807, 2.05) is 24.8 Å². The Balaban J connectivity index is 1.61. The lowest BCUT2D eigenvalue weighted by molar-refractivity contribution is -0.138. The highest BCUT2D eigenvalue weighted by molar-refractivity contribution is 5.79. The molecule has 23 heavy (non-hydrogen) atoms. The van der Waals surface area contributed by atoms with Gasteiger partial charge in [-0.1, -0.05) is 12.2 Å². The van der Waals surface area contributed by atoms with Crippen molar-refractivity contribution in [3.8, 4) is 6.01 Å². The minimum Gasteiger partial charge on any atom is -0.458 e. The Kier molecular flexibility index (Phi) is 4.94. The molecule has 0 spiro atoms. The summed E-state index contributed by atoms with van der Waals surface area (Å²) in [6, 6.07) is 2.36. The van der Waals surface area contributed by atoms with E-state index in [9.17, 15) is 4.79 Å². The number of hydrogen-bond donors (Lipinski definition) is 0. The smallest absolute Gasteiger partial charge is 0.317 e. The molecule has 5 heteroatoms. The van der Waals surface area contributed by atoms with E-state index in [0.717, 1.165) is 50.0 Å². The summed E-state index contributed by atoms with van der Waals surface area (Å²) in [7, 11) is 0. The number of allylic oxidation sites excluding steroid dienone is 2. The van der Waals surface area contributed by atoms with Gasteiger partial charge in [0.15, 0.2) is 0 Å². The second-order valence-electron chi connectivity index (χ2n) is 6.58. The molecule has 1 saturated heterocycles. The fourth-order valence-electron chi connectivity index (χ4n) is 3.41. The zero-order chi connectivity index (χ0) is 16.2. The first-order valence-electron chi connectivity index (χ1n) is 8.54. The number of piperidine rings is 1. The van der Waals surface area contributed by atoms with Crippen LogP contribution in [0.15, 0.2) is 18.2 Å². The summed E-state index contributed by atoms with van der Waals surface area (Å²) in [5.74, 6) is 0.431. The maximum atomic E-state index is 12.7. The molecule has 0 saturated carbocycles. The molecule has 0 N–H and O–H groups in total. The Morgan fingerprint density at radius 3 is 2.70 bits per heavy atom. The number of aromatic nitrogens is 2. The van der Waals surface area contributed by atoms with Crippen molar-refractivity contribution in [2.45, 2.75) is 52.1 Å².